The number of nitrogens with zero attached hydrogens (tertiary/aromatic N) is 1. The highest BCUT2D eigenvalue weighted by Crippen LogP contribution is 2.25. The van der Waals surface area contributed by atoms with E-state index in [-0.39, 0.29) is 24.2 Å². The van der Waals surface area contributed by atoms with Gasteiger partial charge in [-0.05, 0) is 31.5 Å². The van der Waals surface area contributed by atoms with Crippen molar-refractivity contribution in [2.24, 2.45) is 5.92 Å². The van der Waals surface area contributed by atoms with Crippen LogP contribution >= 0.6 is 0 Å². The largest absolute Gasteiger partial charge is 0.352 e. The summed E-state index contributed by atoms with van der Waals surface area (Å²) in [5.41, 5.74) is 4.25. The van der Waals surface area contributed by atoms with Gasteiger partial charge in [0.2, 0.25) is 11.8 Å². The summed E-state index contributed by atoms with van der Waals surface area (Å²) in [5, 5.41) is 2.95. The van der Waals surface area contributed by atoms with Crippen LogP contribution in [0.15, 0.2) is 48.5 Å². The number of amides is 2. The van der Waals surface area contributed by atoms with Crippen LogP contribution in [0, 0.1) is 19.8 Å². The minimum atomic E-state index is -0.288. The zero-order valence-electron chi connectivity index (χ0n) is 14.1. The highest BCUT2D eigenvalue weighted by atomic mass is 16.2. The Hall–Kier alpha value is -2.62. The zero-order chi connectivity index (χ0) is 17.1. The third-order valence-electron chi connectivity index (χ3n) is 4.39. The Morgan fingerprint density at radius 3 is 2.58 bits per heavy atom. The minimum Gasteiger partial charge on any atom is -0.352 e. The van der Waals surface area contributed by atoms with Crippen molar-refractivity contribution in [3.05, 3.63) is 65.2 Å². The van der Waals surface area contributed by atoms with Crippen molar-refractivity contribution in [2.75, 3.05) is 11.4 Å². The van der Waals surface area contributed by atoms with Crippen LogP contribution in [-0.4, -0.2) is 18.4 Å². The van der Waals surface area contributed by atoms with E-state index >= 15 is 0 Å². The van der Waals surface area contributed by atoms with Gasteiger partial charge in [-0.15, -0.1) is 0 Å². The summed E-state index contributed by atoms with van der Waals surface area (Å²) in [6, 6.07) is 15.9. The van der Waals surface area contributed by atoms with Gasteiger partial charge >= 0.3 is 0 Å². The second-order valence-electron chi connectivity index (χ2n) is 6.45. The Morgan fingerprint density at radius 2 is 1.88 bits per heavy atom. The zero-order valence-corrected chi connectivity index (χ0v) is 14.1. The van der Waals surface area contributed by atoms with Crippen LogP contribution in [0.3, 0.4) is 0 Å². The first-order chi connectivity index (χ1) is 11.5. The maximum Gasteiger partial charge on any atom is 0.227 e. The molecule has 0 unspecified atom stereocenters. The van der Waals surface area contributed by atoms with Crippen molar-refractivity contribution in [1.29, 1.82) is 0 Å². The van der Waals surface area contributed by atoms with Gasteiger partial charge in [0, 0.05) is 25.2 Å². The second kappa shape index (κ2) is 6.87. The molecular weight excluding hydrogens is 300 g/mol. The highest BCUT2D eigenvalue weighted by molar-refractivity contribution is 6.00. The normalized spacial score (nSPS) is 17.2. The molecule has 2 aromatic carbocycles. The standard InChI is InChI=1S/C20H22N2O2/c1-14-6-8-18(9-7-14)22-13-17(11-19(22)23)20(24)21-12-16-5-3-4-15(2)10-16/h3-10,17H,11-13H2,1-2H3,(H,21,24)/t17-/m0/s1. The predicted molar refractivity (Wildman–Crippen MR) is 94.7 cm³/mol. The molecule has 1 aliphatic rings. The molecule has 1 aliphatic heterocycles. The molecule has 2 amide bonds. The Labute approximate surface area is 142 Å². The highest BCUT2D eigenvalue weighted by Gasteiger charge is 2.34. The molecule has 3 rings (SSSR count). The smallest absolute Gasteiger partial charge is 0.227 e. The SMILES string of the molecule is Cc1ccc(N2C[C@@H](C(=O)NCc3cccc(C)c3)CC2=O)cc1. The molecule has 0 radical (unpaired) electrons. The number of carbonyl (C=O) groups is 2. The van der Waals surface area contributed by atoms with Crippen LogP contribution in [0.2, 0.25) is 0 Å². The molecule has 4 heteroatoms. The number of hydrogen-bond acceptors (Lipinski definition) is 2. The van der Waals surface area contributed by atoms with E-state index in [1.165, 1.54) is 5.56 Å². The van der Waals surface area contributed by atoms with Crippen LogP contribution in [0.5, 0.6) is 0 Å². The van der Waals surface area contributed by atoms with E-state index in [0.717, 1.165) is 16.8 Å². The fourth-order valence-electron chi connectivity index (χ4n) is 3.01. The van der Waals surface area contributed by atoms with Gasteiger partial charge in [-0.3, -0.25) is 9.59 Å². The van der Waals surface area contributed by atoms with Crippen LogP contribution in [0.4, 0.5) is 5.69 Å². The lowest BCUT2D eigenvalue weighted by Crippen LogP contribution is -2.32. The number of anilines is 1. The van der Waals surface area contributed by atoms with Crippen molar-refractivity contribution in [2.45, 2.75) is 26.8 Å². The van der Waals surface area contributed by atoms with Gasteiger partial charge < -0.3 is 10.2 Å². The number of aryl methyl sites for hydroxylation is 2. The van der Waals surface area contributed by atoms with E-state index < -0.39 is 0 Å². The molecule has 0 saturated carbocycles. The van der Waals surface area contributed by atoms with E-state index in [4.69, 9.17) is 0 Å². The van der Waals surface area contributed by atoms with E-state index in [0.29, 0.717) is 13.1 Å². The van der Waals surface area contributed by atoms with E-state index in [1.807, 2.05) is 56.3 Å². The molecule has 0 bridgehead atoms. The molecular formula is C20H22N2O2. The molecule has 1 atom stereocenters. The fourth-order valence-corrected chi connectivity index (χ4v) is 3.01. The average Bonchev–Trinajstić information content (AvgIpc) is 2.95. The summed E-state index contributed by atoms with van der Waals surface area (Å²) >= 11 is 0. The molecule has 0 spiro atoms. The number of carbonyl (C=O) groups excluding carboxylic acids is 2. The molecule has 24 heavy (non-hydrogen) atoms. The van der Waals surface area contributed by atoms with Crippen molar-refractivity contribution in [1.82, 2.24) is 5.32 Å². The molecule has 1 saturated heterocycles. The van der Waals surface area contributed by atoms with E-state index in [2.05, 4.69) is 11.4 Å². The lowest BCUT2D eigenvalue weighted by molar-refractivity contribution is -0.126. The monoisotopic (exact) mass is 322 g/mol. The Morgan fingerprint density at radius 1 is 1.12 bits per heavy atom. The van der Waals surface area contributed by atoms with Gasteiger partial charge in [0.25, 0.3) is 0 Å². The van der Waals surface area contributed by atoms with Gasteiger partial charge in [0.1, 0.15) is 0 Å². The average molecular weight is 322 g/mol. The van der Waals surface area contributed by atoms with Crippen molar-refractivity contribution < 1.29 is 9.59 Å². The van der Waals surface area contributed by atoms with Gasteiger partial charge in [0.15, 0.2) is 0 Å². The van der Waals surface area contributed by atoms with Crippen LogP contribution < -0.4 is 10.2 Å². The minimum absolute atomic E-state index is 0.00885. The van der Waals surface area contributed by atoms with Crippen LogP contribution in [0.1, 0.15) is 23.1 Å². The molecule has 0 aliphatic carbocycles. The Bertz CT molecular complexity index is 752. The first-order valence-electron chi connectivity index (χ1n) is 8.23. The van der Waals surface area contributed by atoms with Gasteiger partial charge in [0.05, 0.1) is 5.92 Å². The number of nitrogens with one attached hydrogen (secondary N) is 1. The topological polar surface area (TPSA) is 49.4 Å². The maximum atomic E-state index is 12.4. The van der Waals surface area contributed by atoms with Gasteiger partial charge in [-0.1, -0.05) is 47.5 Å². The summed E-state index contributed by atoms with van der Waals surface area (Å²) in [7, 11) is 0. The van der Waals surface area contributed by atoms with Gasteiger partial charge in [-0.2, -0.15) is 0 Å². The van der Waals surface area contributed by atoms with Crippen molar-refractivity contribution in [3.8, 4) is 0 Å². The summed E-state index contributed by atoms with van der Waals surface area (Å²) < 4.78 is 0. The third kappa shape index (κ3) is 3.65. The second-order valence-corrected chi connectivity index (χ2v) is 6.45. The number of rotatable bonds is 4. The molecule has 1 fully saturated rings. The maximum absolute atomic E-state index is 12.4. The van der Waals surface area contributed by atoms with Crippen LogP contribution in [0.25, 0.3) is 0 Å². The lowest BCUT2D eigenvalue weighted by Gasteiger charge is -2.17. The summed E-state index contributed by atoms with van der Waals surface area (Å²) in [6.45, 7) is 4.98. The predicted octanol–water partition coefficient (Wildman–Crippen LogP) is 2.97. The molecule has 1 N–H and O–H groups in total. The van der Waals surface area contributed by atoms with Crippen molar-refractivity contribution >= 4 is 17.5 Å². The molecule has 124 valence electrons. The lowest BCUT2D eigenvalue weighted by atomic mass is 10.1. The molecule has 4 nitrogen and oxygen atoms in total. The number of hydrogen-bond donors (Lipinski definition) is 1. The molecule has 2 aromatic rings. The van der Waals surface area contributed by atoms with Crippen molar-refractivity contribution in [3.63, 3.8) is 0 Å². The molecule has 0 aromatic heterocycles. The number of benzene rings is 2. The fraction of sp³-hybridized carbons (Fsp3) is 0.300. The Balaban J connectivity index is 1.60. The van der Waals surface area contributed by atoms with E-state index in [9.17, 15) is 9.59 Å². The third-order valence-corrected chi connectivity index (χ3v) is 4.39. The first kappa shape index (κ1) is 16.2. The first-order valence-corrected chi connectivity index (χ1v) is 8.23. The Kier molecular flexibility index (Phi) is 4.65. The summed E-state index contributed by atoms with van der Waals surface area (Å²) in [6.07, 6.45) is 0.271. The summed E-state index contributed by atoms with van der Waals surface area (Å²) in [5.74, 6) is -0.336. The van der Waals surface area contributed by atoms with E-state index in [1.54, 1.807) is 4.90 Å². The quantitative estimate of drug-likeness (QED) is 0.941. The summed E-state index contributed by atoms with van der Waals surface area (Å²) in [4.78, 5) is 26.3. The van der Waals surface area contributed by atoms with Crippen LogP contribution in [-0.2, 0) is 16.1 Å². The van der Waals surface area contributed by atoms with Gasteiger partial charge in [-0.25, -0.2) is 0 Å². The molecule has 1 heterocycles.